The molecule has 0 aliphatic rings. The van der Waals surface area contributed by atoms with Crippen LogP contribution in [0.2, 0.25) is 0 Å². The number of para-hydroxylation sites is 1. The highest BCUT2D eigenvalue weighted by Crippen LogP contribution is 2.15. The summed E-state index contributed by atoms with van der Waals surface area (Å²) in [5, 5.41) is 11.6. The molecule has 1 aromatic rings. The maximum absolute atomic E-state index is 11.3. The molecule has 3 nitrogen and oxygen atoms in total. The number of hydrogen-bond acceptors (Lipinski definition) is 2. The monoisotopic (exact) mass is 231 g/mol. The highest BCUT2D eigenvalue weighted by molar-refractivity contribution is 6.55. The summed E-state index contributed by atoms with van der Waals surface area (Å²) in [6, 6.07) is 6.17. The highest BCUT2D eigenvalue weighted by Gasteiger charge is 2.07. The number of benzene rings is 1. The maximum Gasteiger partial charge on any atom is 0.259 e. The van der Waals surface area contributed by atoms with Gasteiger partial charge < -0.3 is 10.4 Å². The van der Waals surface area contributed by atoms with Gasteiger partial charge in [-0.15, -0.1) is 0 Å². The van der Waals surface area contributed by atoms with Crippen molar-refractivity contribution in [1.29, 1.82) is 0 Å². The van der Waals surface area contributed by atoms with Gasteiger partial charge in [0, 0.05) is 6.20 Å². The first-order valence-electron chi connectivity index (χ1n) is 3.71. The van der Waals surface area contributed by atoms with E-state index in [1.165, 1.54) is 12.1 Å². The van der Waals surface area contributed by atoms with E-state index < -0.39 is 5.91 Å². The second-order valence-corrected chi connectivity index (χ2v) is 3.43. The van der Waals surface area contributed by atoms with Crippen molar-refractivity contribution in [2.24, 2.45) is 0 Å². The van der Waals surface area contributed by atoms with Crippen LogP contribution >= 0.6 is 23.2 Å². The van der Waals surface area contributed by atoms with Crippen LogP contribution in [0.1, 0.15) is 10.4 Å². The van der Waals surface area contributed by atoms with Crippen LogP contribution in [0.5, 0.6) is 5.75 Å². The highest BCUT2D eigenvalue weighted by atomic mass is 35.5. The van der Waals surface area contributed by atoms with Gasteiger partial charge in [-0.25, -0.2) is 0 Å². The van der Waals surface area contributed by atoms with Crippen molar-refractivity contribution in [1.82, 2.24) is 5.32 Å². The molecular weight excluding hydrogens is 225 g/mol. The van der Waals surface area contributed by atoms with Gasteiger partial charge in [0.2, 0.25) is 0 Å². The number of aromatic hydroxyl groups is 1. The number of hydrogen-bond donors (Lipinski definition) is 2. The van der Waals surface area contributed by atoms with Crippen LogP contribution in [0.25, 0.3) is 0 Å². The Morgan fingerprint density at radius 2 is 2.00 bits per heavy atom. The molecule has 0 atom stereocenters. The van der Waals surface area contributed by atoms with Gasteiger partial charge in [-0.3, -0.25) is 4.79 Å². The molecule has 0 aliphatic heterocycles. The Kier molecular flexibility index (Phi) is 3.80. The van der Waals surface area contributed by atoms with Gasteiger partial charge in [0.15, 0.2) is 0 Å². The Morgan fingerprint density at radius 1 is 1.36 bits per heavy atom. The lowest BCUT2D eigenvalue weighted by Crippen LogP contribution is -2.17. The molecule has 1 aromatic carbocycles. The molecular formula is C9H7Cl2NO2. The van der Waals surface area contributed by atoms with Crippen molar-refractivity contribution in [3.8, 4) is 5.75 Å². The second kappa shape index (κ2) is 4.88. The van der Waals surface area contributed by atoms with Crippen LogP contribution in [0.4, 0.5) is 0 Å². The summed E-state index contributed by atoms with van der Waals surface area (Å²) in [6.07, 6.45) is 1.14. The fraction of sp³-hybridized carbons (Fsp3) is 0. The summed E-state index contributed by atoms with van der Waals surface area (Å²) in [4.78, 5) is 11.3. The molecule has 0 radical (unpaired) electrons. The van der Waals surface area contributed by atoms with Gasteiger partial charge in [-0.1, -0.05) is 35.3 Å². The van der Waals surface area contributed by atoms with Gasteiger partial charge in [-0.2, -0.15) is 0 Å². The lowest BCUT2D eigenvalue weighted by molar-refractivity contribution is 0.0967. The number of rotatable bonds is 2. The van der Waals surface area contributed by atoms with Gasteiger partial charge in [0.25, 0.3) is 5.91 Å². The van der Waals surface area contributed by atoms with E-state index in [9.17, 15) is 9.90 Å². The molecule has 1 amide bonds. The molecule has 0 spiro atoms. The van der Waals surface area contributed by atoms with Crippen LogP contribution in [0, 0.1) is 0 Å². The molecule has 0 bridgehead atoms. The zero-order valence-electron chi connectivity index (χ0n) is 7.00. The standard InChI is InChI=1S/C9H7Cl2NO2/c10-8(11)5-12-9(14)6-3-1-2-4-7(6)13/h1-5,13H,(H,12,14). The first-order valence-corrected chi connectivity index (χ1v) is 4.47. The van der Waals surface area contributed by atoms with E-state index in [2.05, 4.69) is 5.32 Å². The Bertz CT molecular complexity index is 373. The fourth-order valence-corrected chi connectivity index (χ4v) is 0.973. The Morgan fingerprint density at radius 3 is 2.57 bits per heavy atom. The first-order chi connectivity index (χ1) is 6.61. The van der Waals surface area contributed by atoms with Crippen LogP contribution in [-0.4, -0.2) is 11.0 Å². The quantitative estimate of drug-likeness (QED) is 0.822. The molecule has 0 unspecified atom stereocenters. The molecule has 2 N–H and O–H groups in total. The predicted octanol–water partition coefficient (Wildman–Crippen LogP) is 2.40. The third-order valence-electron chi connectivity index (χ3n) is 1.46. The molecule has 74 valence electrons. The number of phenolic OH excluding ortho intramolecular Hbond substituents is 1. The minimum atomic E-state index is -0.470. The van der Waals surface area contributed by atoms with E-state index in [-0.39, 0.29) is 15.8 Å². The number of carbonyl (C=O) groups is 1. The van der Waals surface area contributed by atoms with Crippen LogP contribution in [0.15, 0.2) is 35.0 Å². The average Bonchev–Trinajstić information content (AvgIpc) is 2.15. The minimum absolute atomic E-state index is 0.0613. The average molecular weight is 232 g/mol. The number of nitrogens with one attached hydrogen (secondary N) is 1. The lowest BCUT2D eigenvalue weighted by atomic mass is 10.2. The molecule has 0 saturated carbocycles. The molecule has 0 aliphatic carbocycles. The third-order valence-corrected chi connectivity index (χ3v) is 1.68. The number of halogens is 2. The Hall–Kier alpha value is -1.19. The molecule has 14 heavy (non-hydrogen) atoms. The van der Waals surface area contributed by atoms with Crippen LogP contribution in [0.3, 0.4) is 0 Å². The van der Waals surface area contributed by atoms with Gasteiger partial charge in [0.05, 0.1) is 5.56 Å². The molecule has 0 fully saturated rings. The first kappa shape index (κ1) is 10.9. The zero-order chi connectivity index (χ0) is 10.6. The van der Waals surface area contributed by atoms with Crippen LogP contribution in [-0.2, 0) is 0 Å². The van der Waals surface area contributed by atoms with Crippen molar-refractivity contribution in [2.75, 3.05) is 0 Å². The van der Waals surface area contributed by atoms with Crippen molar-refractivity contribution in [3.05, 3.63) is 40.5 Å². The number of carbonyl (C=O) groups excluding carboxylic acids is 1. The SMILES string of the molecule is O=C(NC=C(Cl)Cl)c1ccccc1O. The van der Waals surface area contributed by atoms with E-state index >= 15 is 0 Å². The lowest BCUT2D eigenvalue weighted by Gasteiger charge is -2.01. The molecule has 5 heteroatoms. The summed E-state index contributed by atoms with van der Waals surface area (Å²) in [7, 11) is 0. The van der Waals surface area contributed by atoms with Gasteiger partial charge in [0.1, 0.15) is 10.2 Å². The molecule has 0 heterocycles. The number of phenols is 1. The molecule has 0 saturated heterocycles. The van der Waals surface area contributed by atoms with Crippen molar-refractivity contribution < 1.29 is 9.90 Å². The smallest absolute Gasteiger partial charge is 0.259 e. The largest absolute Gasteiger partial charge is 0.507 e. The molecule has 0 aromatic heterocycles. The van der Waals surface area contributed by atoms with Crippen molar-refractivity contribution in [3.63, 3.8) is 0 Å². The van der Waals surface area contributed by atoms with E-state index in [0.29, 0.717) is 0 Å². The normalized spacial score (nSPS) is 9.29. The topological polar surface area (TPSA) is 49.3 Å². The van der Waals surface area contributed by atoms with E-state index in [0.717, 1.165) is 6.20 Å². The van der Waals surface area contributed by atoms with E-state index in [4.69, 9.17) is 23.2 Å². The van der Waals surface area contributed by atoms with Gasteiger partial charge >= 0.3 is 0 Å². The minimum Gasteiger partial charge on any atom is -0.507 e. The zero-order valence-corrected chi connectivity index (χ0v) is 8.51. The summed E-state index contributed by atoms with van der Waals surface area (Å²) >= 11 is 10.6. The van der Waals surface area contributed by atoms with E-state index in [1.807, 2.05) is 0 Å². The van der Waals surface area contributed by atoms with Gasteiger partial charge in [-0.05, 0) is 12.1 Å². The summed E-state index contributed by atoms with van der Waals surface area (Å²) in [6.45, 7) is 0. The van der Waals surface area contributed by atoms with Crippen LogP contribution < -0.4 is 5.32 Å². The van der Waals surface area contributed by atoms with Crippen molar-refractivity contribution in [2.45, 2.75) is 0 Å². The second-order valence-electron chi connectivity index (χ2n) is 2.42. The van der Waals surface area contributed by atoms with Crippen molar-refractivity contribution >= 4 is 29.1 Å². The predicted molar refractivity (Wildman–Crippen MR) is 55.4 cm³/mol. The maximum atomic E-state index is 11.3. The molecule has 1 rings (SSSR count). The fourth-order valence-electron chi connectivity index (χ4n) is 0.864. The summed E-state index contributed by atoms with van der Waals surface area (Å²) in [5.41, 5.74) is 0.165. The Labute approximate surface area is 90.9 Å². The third kappa shape index (κ3) is 2.94. The summed E-state index contributed by atoms with van der Waals surface area (Å²) < 4.78 is -0.0613. The number of amides is 1. The Balaban J connectivity index is 2.80. The van der Waals surface area contributed by atoms with E-state index in [1.54, 1.807) is 12.1 Å². The summed E-state index contributed by atoms with van der Waals surface area (Å²) in [5.74, 6) is -0.564.